The van der Waals surface area contributed by atoms with Crippen LogP contribution < -0.4 is 21.0 Å². The Kier molecular flexibility index (Phi) is 8.52. The molecule has 2 aromatic rings. The van der Waals surface area contributed by atoms with Gasteiger partial charge in [0.1, 0.15) is 30.2 Å². The fourth-order valence-electron chi connectivity index (χ4n) is 3.17. The lowest BCUT2D eigenvalue weighted by atomic mass is 10.1. The molecule has 2 heterocycles. The Morgan fingerprint density at radius 1 is 1.38 bits per heavy atom. The number of nitrogen functional groups attached to an aromatic ring is 1. The van der Waals surface area contributed by atoms with Crippen molar-refractivity contribution in [3.63, 3.8) is 0 Å². The van der Waals surface area contributed by atoms with Gasteiger partial charge in [-0.2, -0.15) is 4.98 Å². The van der Waals surface area contributed by atoms with Gasteiger partial charge in [0.15, 0.2) is 0 Å². The number of carbonyl (C=O) groups is 1. The number of aromatic nitrogens is 2. The summed E-state index contributed by atoms with van der Waals surface area (Å²) in [6.07, 6.45) is 1.38. The Labute approximate surface area is 185 Å². The van der Waals surface area contributed by atoms with E-state index in [4.69, 9.17) is 24.3 Å². The van der Waals surface area contributed by atoms with Crippen LogP contribution in [0.4, 0.5) is 10.2 Å². The minimum absolute atomic E-state index is 0.0310. The van der Waals surface area contributed by atoms with E-state index < -0.39 is 32.2 Å². The zero-order valence-electron chi connectivity index (χ0n) is 17.8. The third kappa shape index (κ3) is 6.70. The summed E-state index contributed by atoms with van der Waals surface area (Å²) < 4.78 is 37.1. The van der Waals surface area contributed by atoms with Crippen LogP contribution in [-0.2, 0) is 18.8 Å². The van der Waals surface area contributed by atoms with E-state index in [1.807, 2.05) is 6.92 Å². The molecule has 1 aromatic carbocycles. The van der Waals surface area contributed by atoms with Crippen LogP contribution in [0.2, 0.25) is 0 Å². The first-order valence-electron chi connectivity index (χ1n) is 10.1. The molecular formula is C20H26FN4O6P. The molecule has 1 aliphatic rings. The van der Waals surface area contributed by atoms with Gasteiger partial charge in [-0.25, -0.2) is 14.3 Å². The molecule has 4 unspecified atom stereocenters. The summed E-state index contributed by atoms with van der Waals surface area (Å²) in [5.41, 5.74) is 5.07. The fraction of sp³-hybridized carbons (Fsp3) is 0.450. The van der Waals surface area contributed by atoms with Crippen molar-refractivity contribution in [2.75, 3.05) is 25.5 Å². The van der Waals surface area contributed by atoms with Crippen LogP contribution in [-0.4, -0.2) is 41.4 Å². The van der Waals surface area contributed by atoms with Crippen LogP contribution in [0.15, 0.2) is 41.3 Å². The van der Waals surface area contributed by atoms with Gasteiger partial charge in [-0.1, -0.05) is 6.92 Å². The van der Waals surface area contributed by atoms with E-state index in [0.29, 0.717) is 12.2 Å². The van der Waals surface area contributed by atoms with E-state index in [1.165, 1.54) is 34.9 Å². The van der Waals surface area contributed by atoms with Crippen LogP contribution in [0.5, 0.6) is 5.75 Å². The summed E-state index contributed by atoms with van der Waals surface area (Å²) in [5, 5.41) is 2.88. The summed E-state index contributed by atoms with van der Waals surface area (Å²) in [6.45, 7) is 3.97. The fourth-order valence-corrected chi connectivity index (χ4v) is 4.25. The number of hydrogen-bond donors (Lipinski definition) is 2. The number of nitrogens with two attached hydrogens (primary N) is 1. The predicted octanol–water partition coefficient (Wildman–Crippen LogP) is 2.36. The van der Waals surface area contributed by atoms with Gasteiger partial charge >= 0.3 is 20.2 Å². The number of nitrogens with one attached hydrogen (secondary N) is 1. The average molecular weight is 468 g/mol. The van der Waals surface area contributed by atoms with E-state index in [1.54, 1.807) is 13.1 Å². The van der Waals surface area contributed by atoms with Crippen molar-refractivity contribution < 1.29 is 27.7 Å². The van der Waals surface area contributed by atoms with E-state index in [2.05, 4.69) is 10.1 Å². The van der Waals surface area contributed by atoms with Gasteiger partial charge < -0.3 is 24.3 Å². The van der Waals surface area contributed by atoms with E-state index in [0.717, 1.165) is 0 Å². The summed E-state index contributed by atoms with van der Waals surface area (Å²) in [7, 11) is -1.75. The van der Waals surface area contributed by atoms with E-state index in [-0.39, 0.29) is 37.6 Å². The number of esters is 1. The molecule has 1 fully saturated rings. The SMILES string of the molecule is CCOC(=O)CNP(OCC1CC(C)C(n2ccc(N)nc2=O)O1)Oc1ccc(F)cc1. The van der Waals surface area contributed by atoms with Crippen LogP contribution in [0.25, 0.3) is 0 Å². The van der Waals surface area contributed by atoms with Crippen molar-refractivity contribution in [2.24, 2.45) is 5.92 Å². The highest BCUT2D eigenvalue weighted by molar-refractivity contribution is 7.45. The lowest BCUT2D eigenvalue weighted by Crippen LogP contribution is -2.29. The van der Waals surface area contributed by atoms with Gasteiger partial charge in [-0.3, -0.25) is 9.36 Å². The molecule has 1 aliphatic heterocycles. The van der Waals surface area contributed by atoms with Gasteiger partial charge in [0.25, 0.3) is 0 Å². The number of hydrogen-bond acceptors (Lipinski definition) is 9. The first kappa shape index (κ1) is 24.1. The van der Waals surface area contributed by atoms with Crippen molar-refractivity contribution in [2.45, 2.75) is 32.6 Å². The topological polar surface area (TPSA) is 127 Å². The van der Waals surface area contributed by atoms with Crippen molar-refractivity contribution >= 4 is 20.3 Å². The molecule has 3 N–H and O–H groups in total. The quantitative estimate of drug-likeness (QED) is 0.399. The molecule has 4 atom stereocenters. The van der Waals surface area contributed by atoms with Gasteiger partial charge in [-0.15, -0.1) is 0 Å². The van der Waals surface area contributed by atoms with Gasteiger partial charge in [0.05, 0.1) is 19.3 Å². The Balaban J connectivity index is 1.60. The highest BCUT2D eigenvalue weighted by atomic mass is 31.2. The Bertz CT molecular complexity index is 960. The van der Waals surface area contributed by atoms with Crippen molar-refractivity contribution in [1.29, 1.82) is 0 Å². The second-order valence-electron chi connectivity index (χ2n) is 7.14. The zero-order chi connectivity index (χ0) is 23.1. The highest BCUT2D eigenvalue weighted by Gasteiger charge is 2.35. The standard InChI is InChI=1S/C20H26FN4O6P/c1-3-28-18(26)11-23-32(31-15-6-4-14(21)5-7-15)29-12-16-10-13(2)19(30-16)25-9-8-17(22)24-20(25)27/h4-9,13,16,19,23H,3,10-12H2,1-2H3,(H2,22,24,27). The number of rotatable bonds is 10. The highest BCUT2D eigenvalue weighted by Crippen LogP contribution is 2.39. The van der Waals surface area contributed by atoms with E-state index in [9.17, 15) is 14.0 Å². The predicted molar refractivity (Wildman–Crippen MR) is 115 cm³/mol. The number of carbonyl (C=O) groups excluding carboxylic acids is 1. The lowest BCUT2D eigenvalue weighted by Gasteiger charge is -2.21. The maximum absolute atomic E-state index is 13.2. The van der Waals surface area contributed by atoms with Crippen LogP contribution in [0, 0.1) is 11.7 Å². The average Bonchev–Trinajstić information content (AvgIpc) is 3.12. The molecule has 0 amide bonds. The molecule has 174 valence electrons. The summed E-state index contributed by atoms with van der Waals surface area (Å²) in [5.74, 6) is -0.287. The monoisotopic (exact) mass is 468 g/mol. The minimum Gasteiger partial charge on any atom is -0.465 e. The zero-order valence-corrected chi connectivity index (χ0v) is 18.7. The molecule has 0 spiro atoms. The number of ether oxygens (including phenoxy) is 2. The molecule has 0 bridgehead atoms. The molecule has 0 aliphatic carbocycles. The summed E-state index contributed by atoms with van der Waals surface area (Å²) >= 11 is 0. The second kappa shape index (κ2) is 11.3. The first-order chi connectivity index (χ1) is 15.4. The first-order valence-corrected chi connectivity index (χ1v) is 11.3. The Morgan fingerprint density at radius 3 is 2.81 bits per heavy atom. The molecule has 12 heteroatoms. The molecule has 0 radical (unpaired) electrons. The number of halogens is 1. The molecule has 10 nitrogen and oxygen atoms in total. The van der Waals surface area contributed by atoms with Crippen molar-refractivity contribution in [1.82, 2.24) is 14.6 Å². The maximum Gasteiger partial charge on any atom is 0.351 e. The van der Waals surface area contributed by atoms with E-state index >= 15 is 0 Å². The smallest absolute Gasteiger partial charge is 0.351 e. The third-order valence-electron chi connectivity index (χ3n) is 4.62. The molecule has 1 saturated heterocycles. The number of benzene rings is 1. The minimum atomic E-state index is -1.75. The maximum atomic E-state index is 13.2. The number of nitrogens with zero attached hydrogens (tertiary/aromatic N) is 2. The molecule has 32 heavy (non-hydrogen) atoms. The lowest BCUT2D eigenvalue weighted by molar-refractivity contribution is -0.141. The Hall–Kier alpha value is -2.59. The summed E-state index contributed by atoms with van der Waals surface area (Å²) in [4.78, 5) is 27.6. The normalized spacial score (nSPS) is 21.3. The second-order valence-corrected chi connectivity index (χ2v) is 8.41. The largest absolute Gasteiger partial charge is 0.465 e. The van der Waals surface area contributed by atoms with Crippen molar-refractivity contribution in [3.05, 3.63) is 52.8 Å². The van der Waals surface area contributed by atoms with Crippen LogP contribution in [0.1, 0.15) is 26.5 Å². The van der Waals surface area contributed by atoms with Gasteiger partial charge in [-0.05, 0) is 43.7 Å². The molecular weight excluding hydrogens is 442 g/mol. The van der Waals surface area contributed by atoms with Crippen LogP contribution in [0.3, 0.4) is 0 Å². The van der Waals surface area contributed by atoms with Crippen molar-refractivity contribution in [3.8, 4) is 5.75 Å². The molecule has 3 rings (SSSR count). The molecule has 1 aromatic heterocycles. The summed E-state index contributed by atoms with van der Waals surface area (Å²) in [6, 6.07) is 6.99. The van der Waals surface area contributed by atoms with Gasteiger partial charge in [0, 0.05) is 12.1 Å². The number of anilines is 1. The van der Waals surface area contributed by atoms with Crippen LogP contribution >= 0.6 is 8.53 Å². The van der Waals surface area contributed by atoms with Gasteiger partial charge in [0.2, 0.25) is 0 Å². The Morgan fingerprint density at radius 2 is 2.12 bits per heavy atom. The molecule has 0 saturated carbocycles. The third-order valence-corrected chi connectivity index (χ3v) is 5.79.